The summed E-state index contributed by atoms with van der Waals surface area (Å²) in [4.78, 5) is 0. The Morgan fingerprint density at radius 3 is 1.69 bits per heavy atom. The Bertz CT molecular complexity index is 213. The van der Waals surface area contributed by atoms with E-state index in [1.165, 1.54) is 32.1 Å². The Labute approximate surface area is 82.0 Å². The van der Waals surface area contributed by atoms with E-state index in [2.05, 4.69) is 38.1 Å². The molecule has 0 aromatic heterocycles. The maximum absolute atomic E-state index is 2.26. The maximum atomic E-state index is 2.26. The molecule has 0 unspecified atom stereocenters. The predicted octanol–water partition coefficient (Wildman–Crippen LogP) is 3.98. The van der Waals surface area contributed by atoms with E-state index < -0.39 is 0 Å². The predicted molar refractivity (Wildman–Crippen MR) is 59.0 cm³/mol. The number of hydrogen-bond acceptors (Lipinski definition) is 0. The van der Waals surface area contributed by atoms with Gasteiger partial charge in [0.25, 0.3) is 0 Å². The maximum Gasteiger partial charge on any atom is -0.0276 e. The van der Waals surface area contributed by atoms with Crippen LogP contribution in [0.1, 0.15) is 44.2 Å². The van der Waals surface area contributed by atoms with Gasteiger partial charge in [-0.15, -0.1) is 0 Å². The third-order valence-corrected chi connectivity index (χ3v) is 2.26. The lowest BCUT2D eigenvalue weighted by molar-refractivity contribution is 0.685. The summed E-state index contributed by atoms with van der Waals surface area (Å²) >= 11 is 0. The molecule has 0 amide bonds. The van der Waals surface area contributed by atoms with Gasteiger partial charge in [-0.2, -0.15) is 0 Å². The van der Waals surface area contributed by atoms with Gasteiger partial charge >= 0.3 is 0 Å². The van der Waals surface area contributed by atoms with E-state index in [0.29, 0.717) is 0 Å². The highest BCUT2D eigenvalue weighted by Gasteiger charge is 2.05. The molecule has 0 atom stereocenters. The molecule has 0 saturated carbocycles. The topological polar surface area (TPSA) is 0 Å². The van der Waals surface area contributed by atoms with Crippen molar-refractivity contribution in [3.05, 3.63) is 35.4 Å². The van der Waals surface area contributed by atoms with Gasteiger partial charge in [-0.05, 0) is 36.8 Å². The minimum Gasteiger partial charge on any atom is -0.0656 e. The number of aryl methyl sites for hydroxylation is 2. The summed E-state index contributed by atoms with van der Waals surface area (Å²) in [5.41, 5.74) is 3.16. The van der Waals surface area contributed by atoms with Gasteiger partial charge in [0.05, 0.1) is 0 Å². The van der Waals surface area contributed by atoms with Crippen molar-refractivity contribution in [2.75, 3.05) is 0 Å². The molecule has 2 rings (SSSR count). The molecule has 1 aliphatic carbocycles. The van der Waals surface area contributed by atoms with Crippen molar-refractivity contribution in [3.63, 3.8) is 0 Å². The molecule has 0 N–H and O–H groups in total. The van der Waals surface area contributed by atoms with Crippen LogP contribution >= 0.6 is 0 Å². The molecule has 1 aromatic rings. The fraction of sp³-hybridized carbons (Fsp3) is 0.538. The van der Waals surface area contributed by atoms with Crippen LogP contribution in [0.4, 0.5) is 0 Å². The van der Waals surface area contributed by atoms with Gasteiger partial charge in [-0.3, -0.25) is 0 Å². The summed E-state index contributed by atoms with van der Waals surface area (Å²) in [6, 6.07) is 8.80. The summed E-state index contributed by atoms with van der Waals surface area (Å²) in [5.74, 6) is 0. The molecule has 0 bridgehead atoms. The average molecular weight is 176 g/mol. The van der Waals surface area contributed by atoms with Crippen molar-refractivity contribution in [2.24, 2.45) is 0 Å². The smallest absolute Gasteiger partial charge is 0.0276 e. The average Bonchev–Trinajstić information content (AvgIpc) is 2.19. The minimum atomic E-state index is 1.25. The Kier molecular flexibility index (Phi) is 4.59. The summed E-state index contributed by atoms with van der Waals surface area (Å²) < 4.78 is 0. The first kappa shape index (κ1) is 10.3. The lowest BCUT2D eigenvalue weighted by Gasteiger charge is -2.13. The second-order valence-corrected chi connectivity index (χ2v) is 3.68. The number of rotatable bonds is 0. The van der Waals surface area contributed by atoms with Crippen molar-refractivity contribution in [2.45, 2.75) is 46.0 Å². The van der Waals surface area contributed by atoms with Crippen molar-refractivity contribution >= 4 is 0 Å². The molecule has 1 aromatic carbocycles. The molecule has 0 nitrogen and oxygen atoms in total. The van der Waals surface area contributed by atoms with E-state index in [0.717, 1.165) is 0 Å². The Balaban J connectivity index is 0.000000251. The van der Waals surface area contributed by atoms with E-state index in [1.54, 1.807) is 11.1 Å². The van der Waals surface area contributed by atoms with Crippen LogP contribution < -0.4 is 0 Å². The molecular weight excluding hydrogens is 156 g/mol. The highest BCUT2D eigenvalue weighted by Crippen LogP contribution is 2.19. The zero-order valence-electron chi connectivity index (χ0n) is 8.84. The van der Waals surface area contributed by atoms with E-state index >= 15 is 0 Å². The monoisotopic (exact) mass is 176 g/mol. The van der Waals surface area contributed by atoms with Crippen LogP contribution in [-0.4, -0.2) is 0 Å². The lowest BCUT2D eigenvalue weighted by Crippen LogP contribution is -2.00. The lowest BCUT2D eigenvalue weighted by atomic mass is 9.92. The Morgan fingerprint density at radius 1 is 0.923 bits per heavy atom. The van der Waals surface area contributed by atoms with Crippen LogP contribution in [0.2, 0.25) is 0 Å². The van der Waals surface area contributed by atoms with Gasteiger partial charge in [-0.1, -0.05) is 44.5 Å². The SMILES string of the molecule is CCC.c1ccc2c(c1)CCCC2. The van der Waals surface area contributed by atoms with Crippen LogP contribution in [0.15, 0.2) is 24.3 Å². The second kappa shape index (κ2) is 5.80. The molecule has 0 radical (unpaired) electrons. The first-order valence-electron chi connectivity index (χ1n) is 5.45. The van der Waals surface area contributed by atoms with E-state index in [-0.39, 0.29) is 0 Å². The summed E-state index contributed by atoms with van der Waals surface area (Å²) in [6.45, 7) is 4.25. The third kappa shape index (κ3) is 3.22. The molecule has 0 spiro atoms. The standard InChI is InChI=1S/C10H12.C3H8/c1-2-6-10-8-4-3-7-9(10)5-1;1-3-2/h1-2,5-6H,3-4,7-8H2;3H2,1-2H3. The summed E-state index contributed by atoms with van der Waals surface area (Å²) in [7, 11) is 0. The van der Waals surface area contributed by atoms with Crippen molar-refractivity contribution < 1.29 is 0 Å². The van der Waals surface area contributed by atoms with Crippen LogP contribution in [0, 0.1) is 0 Å². The molecule has 0 aliphatic heterocycles. The molecular formula is C13H20. The third-order valence-electron chi connectivity index (χ3n) is 2.26. The molecule has 1 aliphatic rings. The molecule has 13 heavy (non-hydrogen) atoms. The van der Waals surface area contributed by atoms with Crippen molar-refractivity contribution in [3.8, 4) is 0 Å². The minimum absolute atomic E-state index is 1.25. The number of hydrogen-bond donors (Lipinski definition) is 0. The van der Waals surface area contributed by atoms with E-state index in [1.807, 2.05) is 0 Å². The van der Waals surface area contributed by atoms with E-state index in [9.17, 15) is 0 Å². The molecule has 0 heteroatoms. The van der Waals surface area contributed by atoms with Crippen molar-refractivity contribution in [1.29, 1.82) is 0 Å². The van der Waals surface area contributed by atoms with E-state index in [4.69, 9.17) is 0 Å². The van der Waals surface area contributed by atoms with Crippen LogP contribution in [0.25, 0.3) is 0 Å². The normalized spacial score (nSPS) is 14.0. The fourth-order valence-corrected chi connectivity index (χ4v) is 1.68. The largest absolute Gasteiger partial charge is 0.0656 e. The van der Waals surface area contributed by atoms with Crippen LogP contribution in [0.3, 0.4) is 0 Å². The second-order valence-electron chi connectivity index (χ2n) is 3.68. The van der Waals surface area contributed by atoms with Crippen molar-refractivity contribution in [1.82, 2.24) is 0 Å². The first-order valence-corrected chi connectivity index (χ1v) is 5.45. The quantitative estimate of drug-likeness (QED) is 0.561. The zero-order valence-corrected chi connectivity index (χ0v) is 8.84. The molecule has 0 heterocycles. The highest BCUT2D eigenvalue weighted by atomic mass is 14.1. The van der Waals surface area contributed by atoms with Gasteiger partial charge in [0.2, 0.25) is 0 Å². The van der Waals surface area contributed by atoms with Gasteiger partial charge in [0.15, 0.2) is 0 Å². The summed E-state index contributed by atoms with van der Waals surface area (Å²) in [6.07, 6.45) is 6.63. The van der Waals surface area contributed by atoms with Gasteiger partial charge < -0.3 is 0 Å². The molecule has 0 fully saturated rings. The summed E-state index contributed by atoms with van der Waals surface area (Å²) in [5, 5.41) is 0. The Hall–Kier alpha value is -0.780. The van der Waals surface area contributed by atoms with Crippen LogP contribution in [0.5, 0.6) is 0 Å². The van der Waals surface area contributed by atoms with Crippen LogP contribution in [-0.2, 0) is 12.8 Å². The zero-order chi connectivity index (χ0) is 9.52. The Morgan fingerprint density at radius 2 is 1.31 bits per heavy atom. The van der Waals surface area contributed by atoms with Gasteiger partial charge in [0, 0.05) is 0 Å². The molecule has 0 saturated heterocycles. The van der Waals surface area contributed by atoms with Gasteiger partial charge in [0.1, 0.15) is 0 Å². The fourth-order valence-electron chi connectivity index (χ4n) is 1.68. The number of benzene rings is 1. The first-order chi connectivity index (χ1) is 6.38. The number of fused-ring (bicyclic) bond motifs is 1. The van der Waals surface area contributed by atoms with Gasteiger partial charge in [-0.25, -0.2) is 0 Å². The highest BCUT2D eigenvalue weighted by molar-refractivity contribution is 5.28. The molecule has 72 valence electrons.